The van der Waals surface area contributed by atoms with E-state index in [0.717, 1.165) is 58.6 Å². The average molecular weight is 705 g/mol. The summed E-state index contributed by atoms with van der Waals surface area (Å²) < 4.78 is 12.9. The number of ether oxygens (including phenoxy) is 1. The van der Waals surface area contributed by atoms with Gasteiger partial charge in [0.1, 0.15) is 5.65 Å². The van der Waals surface area contributed by atoms with Crippen molar-refractivity contribution >= 4 is 47.3 Å². The van der Waals surface area contributed by atoms with E-state index < -0.39 is 8.32 Å². The van der Waals surface area contributed by atoms with Crippen LogP contribution in [0.4, 0.5) is 5.95 Å². The second-order valence-electron chi connectivity index (χ2n) is 13.5. The molecule has 0 amide bonds. The zero-order valence-electron chi connectivity index (χ0n) is 29.7. The molecule has 0 aliphatic carbocycles. The van der Waals surface area contributed by atoms with E-state index in [-0.39, 0.29) is 5.04 Å². The van der Waals surface area contributed by atoms with Gasteiger partial charge in [-0.25, -0.2) is 9.97 Å². The molecule has 2 aromatic carbocycles. The molecule has 6 aromatic rings. The smallest absolute Gasteiger partial charge is 0.261 e. The second kappa shape index (κ2) is 15.1. The van der Waals surface area contributed by atoms with Crippen LogP contribution in [0.15, 0.2) is 97.5 Å². The summed E-state index contributed by atoms with van der Waals surface area (Å²) in [5, 5.41) is 4.13. The third-order valence-corrected chi connectivity index (χ3v) is 14.6. The minimum absolute atomic E-state index is 0.0702. The van der Waals surface area contributed by atoms with E-state index in [1.807, 2.05) is 31.5 Å². The molecular formula is C40H45ClN6O2Si. The van der Waals surface area contributed by atoms with Crippen molar-refractivity contribution in [3.8, 4) is 17.1 Å². The summed E-state index contributed by atoms with van der Waals surface area (Å²) in [6, 6.07) is 27.6. The molecule has 0 saturated carbocycles. The van der Waals surface area contributed by atoms with E-state index in [4.69, 9.17) is 35.7 Å². The zero-order chi connectivity index (χ0) is 35.3. The van der Waals surface area contributed by atoms with Crippen LogP contribution in [0.3, 0.4) is 0 Å². The van der Waals surface area contributed by atoms with Crippen LogP contribution in [0.25, 0.3) is 22.3 Å². The monoisotopic (exact) mass is 704 g/mol. The van der Waals surface area contributed by atoms with Gasteiger partial charge in [-0.3, -0.25) is 4.98 Å². The number of fused-ring (bicyclic) bond motifs is 1. The van der Waals surface area contributed by atoms with Crippen molar-refractivity contribution in [1.82, 2.24) is 24.9 Å². The highest BCUT2D eigenvalue weighted by atomic mass is 35.5. The molecule has 1 N–H and O–H groups in total. The molecule has 258 valence electrons. The van der Waals surface area contributed by atoms with Crippen LogP contribution in [0, 0.1) is 6.92 Å². The normalized spacial score (nSPS) is 12.0. The lowest BCUT2D eigenvalue weighted by Crippen LogP contribution is -2.66. The number of nitrogens with zero attached hydrogens (tertiary/aromatic N) is 5. The molecule has 0 atom stereocenters. The van der Waals surface area contributed by atoms with Gasteiger partial charge in [0.25, 0.3) is 8.32 Å². The van der Waals surface area contributed by atoms with E-state index >= 15 is 0 Å². The van der Waals surface area contributed by atoms with Crippen molar-refractivity contribution < 1.29 is 9.16 Å². The third-order valence-electron chi connectivity index (χ3n) is 9.34. The highest BCUT2D eigenvalue weighted by Gasteiger charge is 2.50. The fourth-order valence-corrected chi connectivity index (χ4v) is 11.6. The summed E-state index contributed by atoms with van der Waals surface area (Å²) in [7, 11) is -0.959. The number of aromatic amines is 1. The van der Waals surface area contributed by atoms with E-state index in [2.05, 4.69) is 109 Å². The number of benzene rings is 2. The number of pyridine rings is 2. The Morgan fingerprint density at radius 1 is 0.880 bits per heavy atom. The number of H-pyrrole nitrogens is 1. The van der Waals surface area contributed by atoms with Crippen LogP contribution >= 0.6 is 11.6 Å². The Balaban J connectivity index is 1.17. The lowest BCUT2D eigenvalue weighted by Gasteiger charge is -2.43. The first-order valence-corrected chi connectivity index (χ1v) is 19.4. The van der Waals surface area contributed by atoms with E-state index in [1.165, 1.54) is 10.4 Å². The average Bonchev–Trinajstić information content (AvgIpc) is 3.52. The van der Waals surface area contributed by atoms with Crippen LogP contribution < -0.4 is 20.0 Å². The van der Waals surface area contributed by atoms with Crippen molar-refractivity contribution in [2.75, 3.05) is 31.7 Å². The van der Waals surface area contributed by atoms with E-state index in [0.29, 0.717) is 29.9 Å². The Kier molecular flexibility index (Phi) is 10.7. The minimum Gasteiger partial charge on any atom is -0.480 e. The number of halogens is 1. The molecule has 0 aliphatic heterocycles. The van der Waals surface area contributed by atoms with Gasteiger partial charge >= 0.3 is 0 Å². The Hall–Kier alpha value is -4.57. The van der Waals surface area contributed by atoms with E-state index in [1.54, 1.807) is 13.3 Å². The predicted octanol–water partition coefficient (Wildman–Crippen LogP) is 7.77. The number of rotatable bonds is 13. The molecule has 0 aliphatic rings. The third kappa shape index (κ3) is 7.17. The van der Waals surface area contributed by atoms with E-state index in [9.17, 15) is 0 Å². The van der Waals surface area contributed by atoms with Gasteiger partial charge in [-0.15, -0.1) is 0 Å². The predicted molar refractivity (Wildman–Crippen MR) is 207 cm³/mol. The van der Waals surface area contributed by atoms with Crippen LogP contribution in [-0.4, -0.2) is 60.0 Å². The molecule has 6 rings (SSSR count). The number of hydrogen-bond acceptors (Lipinski definition) is 7. The summed E-state index contributed by atoms with van der Waals surface area (Å²) in [6.45, 7) is 13.2. The number of aryl methyl sites for hydroxylation is 1. The summed E-state index contributed by atoms with van der Waals surface area (Å²) in [5.74, 6) is 1.12. The summed E-state index contributed by atoms with van der Waals surface area (Å²) in [4.78, 5) is 24.4. The first-order valence-electron chi connectivity index (χ1n) is 17.1. The summed E-state index contributed by atoms with van der Waals surface area (Å²) in [6.07, 6.45) is 6.99. The van der Waals surface area contributed by atoms with Gasteiger partial charge in [0.05, 0.1) is 23.4 Å². The molecule has 0 saturated heterocycles. The maximum Gasteiger partial charge on any atom is 0.261 e. The quantitative estimate of drug-likeness (QED) is 0.0971. The molecular weight excluding hydrogens is 660 g/mol. The largest absolute Gasteiger partial charge is 0.480 e. The lowest BCUT2D eigenvalue weighted by molar-refractivity contribution is 0.292. The van der Waals surface area contributed by atoms with Crippen LogP contribution in [0.1, 0.15) is 50.9 Å². The maximum atomic E-state index is 7.13. The van der Waals surface area contributed by atoms with Crippen LogP contribution in [0.2, 0.25) is 10.1 Å². The molecule has 4 aromatic heterocycles. The SMILES string of the molecule is CCN(CCCO[Si](c1ccccc1)(c1ccccc1)C(C)(C)C)c1ncc(-c2ccc(Cc3c[nH]c4ncc(Cl)cc34)c(C)n2)c(OC)n1. The molecule has 4 heterocycles. The molecule has 8 nitrogen and oxygen atoms in total. The van der Waals surface area contributed by atoms with Gasteiger partial charge in [-0.1, -0.05) is 99.1 Å². The Morgan fingerprint density at radius 2 is 1.58 bits per heavy atom. The Morgan fingerprint density at radius 3 is 2.20 bits per heavy atom. The highest BCUT2D eigenvalue weighted by Crippen LogP contribution is 2.37. The second-order valence-corrected chi connectivity index (χ2v) is 18.3. The van der Waals surface area contributed by atoms with Gasteiger partial charge in [0, 0.05) is 55.8 Å². The van der Waals surface area contributed by atoms with Crippen molar-refractivity contribution in [2.24, 2.45) is 0 Å². The zero-order valence-corrected chi connectivity index (χ0v) is 31.5. The van der Waals surface area contributed by atoms with Gasteiger partial charge in [0.15, 0.2) is 0 Å². The molecule has 0 radical (unpaired) electrons. The number of methoxy groups -OCH3 is 1. The first kappa shape index (κ1) is 35.3. The molecule has 0 bridgehead atoms. The van der Waals surface area contributed by atoms with Gasteiger partial charge in [-0.05, 0) is 58.9 Å². The van der Waals surface area contributed by atoms with Gasteiger partial charge in [0.2, 0.25) is 11.8 Å². The van der Waals surface area contributed by atoms with Crippen molar-refractivity contribution in [3.63, 3.8) is 0 Å². The van der Waals surface area contributed by atoms with Crippen LogP contribution in [0.5, 0.6) is 5.88 Å². The number of aromatic nitrogens is 5. The Bertz CT molecular complexity index is 2010. The van der Waals surface area contributed by atoms with Crippen molar-refractivity contribution in [2.45, 2.75) is 52.5 Å². The molecule has 0 spiro atoms. The van der Waals surface area contributed by atoms with Gasteiger partial charge in [-0.2, -0.15) is 4.98 Å². The standard InChI is InChI=1S/C40H45ClN6O2Si/c1-7-47(21-14-22-49-50(40(3,4)5,32-15-10-8-11-16-32)33-17-12-9-13-18-33)39-44-27-35(38(46-39)48-6)36-20-19-29(28(2)45-36)23-30-25-42-37-34(30)24-31(41)26-43-37/h8-13,15-20,24-27H,7,14,21-23H2,1-6H3,(H,42,43). The number of anilines is 1. The molecule has 10 heteroatoms. The first-order chi connectivity index (χ1) is 24.1. The maximum absolute atomic E-state index is 7.13. The van der Waals surface area contributed by atoms with Crippen LogP contribution in [-0.2, 0) is 10.8 Å². The molecule has 50 heavy (non-hydrogen) atoms. The van der Waals surface area contributed by atoms with Gasteiger partial charge < -0.3 is 19.0 Å². The van der Waals surface area contributed by atoms with Crippen molar-refractivity contribution in [1.29, 1.82) is 0 Å². The minimum atomic E-state index is -2.60. The lowest BCUT2D eigenvalue weighted by atomic mass is 10.0. The number of nitrogens with one attached hydrogen (secondary N) is 1. The highest BCUT2D eigenvalue weighted by molar-refractivity contribution is 6.99. The van der Waals surface area contributed by atoms with Crippen molar-refractivity contribution in [3.05, 3.63) is 119 Å². The molecule has 0 unspecified atom stereocenters. The Labute approximate surface area is 301 Å². The molecule has 0 fully saturated rings. The summed E-state index contributed by atoms with van der Waals surface area (Å²) >= 11 is 6.22. The summed E-state index contributed by atoms with van der Waals surface area (Å²) in [5.41, 5.74) is 5.49. The number of hydrogen-bond donors (Lipinski definition) is 1. The fraction of sp³-hybridized carbons (Fsp3) is 0.300. The topological polar surface area (TPSA) is 89.1 Å². The fourth-order valence-electron chi connectivity index (χ4n) is 6.79.